The van der Waals surface area contributed by atoms with Gasteiger partial charge in [-0.2, -0.15) is 5.26 Å². The van der Waals surface area contributed by atoms with Crippen LogP contribution in [0.5, 0.6) is 0 Å². The fraction of sp³-hybridized carbons (Fsp3) is 0.318. The molecule has 1 fully saturated rings. The lowest BCUT2D eigenvalue weighted by Crippen LogP contribution is -2.80. The van der Waals surface area contributed by atoms with E-state index < -0.39 is 35.2 Å². The van der Waals surface area contributed by atoms with E-state index in [0.717, 1.165) is 5.01 Å². The van der Waals surface area contributed by atoms with Crippen LogP contribution in [0.4, 0.5) is 8.78 Å². The lowest BCUT2D eigenvalue weighted by atomic mass is 9.91. The fourth-order valence-electron chi connectivity index (χ4n) is 4.04. The Morgan fingerprint density at radius 2 is 1.75 bits per heavy atom. The van der Waals surface area contributed by atoms with Crippen molar-refractivity contribution in [3.8, 4) is 6.07 Å². The van der Waals surface area contributed by atoms with E-state index in [1.165, 1.54) is 68.6 Å². The SMILES string of the molecule is CNN1C(=O)C(Cc2ccc(F)cc2)(NC)N(NC)C(=O)C1Cc1c(F)cccc1C#N. The second-order valence-electron chi connectivity index (χ2n) is 7.31. The molecule has 2 aromatic carbocycles. The maximum atomic E-state index is 14.5. The number of nitriles is 1. The molecule has 0 spiro atoms. The number of halogens is 2. The number of carbonyl (C=O) groups excluding carboxylic acids is 2. The second kappa shape index (κ2) is 9.40. The first-order valence-corrected chi connectivity index (χ1v) is 9.96. The summed E-state index contributed by atoms with van der Waals surface area (Å²) >= 11 is 0. The van der Waals surface area contributed by atoms with Gasteiger partial charge in [-0.05, 0) is 36.9 Å². The third-order valence-electron chi connectivity index (χ3n) is 5.66. The first-order valence-electron chi connectivity index (χ1n) is 9.96. The van der Waals surface area contributed by atoms with Gasteiger partial charge in [0.1, 0.15) is 17.7 Å². The lowest BCUT2D eigenvalue weighted by Gasteiger charge is -2.51. The van der Waals surface area contributed by atoms with Crippen LogP contribution in [0.3, 0.4) is 0 Å². The Morgan fingerprint density at radius 3 is 2.31 bits per heavy atom. The van der Waals surface area contributed by atoms with Crippen molar-refractivity contribution >= 4 is 11.8 Å². The molecular formula is C22H24F2N6O2. The van der Waals surface area contributed by atoms with E-state index in [-0.39, 0.29) is 24.0 Å². The third-order valence-corrected chi connectivity index (χ3v) is 5.66. The van der Waals surface area contributed by atoms with E-state index in [1.54, 1.807) is 0 Å². The van der Waals surface area contributed by atoms with Crippen molar-refractivity contribution in [3.05, 3.63) is 70.8 Å². The van der Waals surface area contributed by atoms with Gasteiger partial charge in [-0.1, -0.05) is 18.2 Å². The molecule has 2 aromatic rings. The van der Waals surface area contributed by atoms with Gasteiger partial charge in [-0.25, -0.2) is 24.6 Å². The number of amides is 2. The zero-order chi connectivity index (χ0) is 23.5. The number of nitrogens with one attached hydrogen (secondary N) is 3. The third kappa shape index (κ3) is 3.93. The molecule has 168 valence electrons. The maximum absolute atomic E-state index is 14.5. The first kappa shape index (κ1) is 23.3. The first-order chi connectivity index (χ1) is 15.3. The molecule has 0 aliphatic carbocycles. The highest BCUT2D eigenvalue weighted by atomic mass is 19.1. The highest BCUT2D eigenvalue weighted by molar-refractivity contribution is 5.99. The Balaban J connectivity index is 2.04. The van der Waals surface area contributed by atoms with Crippen LogP contribution in [0.1, 0.15) is 16.7 Å². The molecule has 3 N–H and O–H groups in total. The van der Waals surface area contributed by atoms with Crippen LogP contribution in [-0.4, -0.2) is 54.7 Å². The van der Waals surface area contributed by atoms with Gasteiger partial charge < -0.3 is 0 Å². The Hall–Kier alpha value is -3.39. The number of hydrazine groups is 2. The molecule has 1 saturated heterocycles. The Morgan fingerprint density at radius 1 is 1.06 bits per heavy atom. The van der Waals surface area contributed by atoms with Gasteiger partial charge in [-0.15, -0.1) is 0 Å². The molecule has 0 aromatic heterocycles. The molecular weight excluding hydrogens is 418 g/mol. The molecule has 3 rings (SSSR count). The molecule has 8 nitrogen and oxygen atoms in total. The zero-order valence-electron chi connectivity index (χ0n) is 17.9. The highest BCUT2D eigenvalue weighted by Gasteiger charge is 2.56. The highest BCUT2D eigenvalue weighted by Crippen LogP contribution is 2.29. The molecule has 32 heavy (non-hydrogen) atoms. The molecule has 2 unspecified atom stereocenters. The van der Waals surface area contributed by atoms with Gasteiger partial charge in [0, 0.05) is 32.5 Å². The van der Waals surface area contributed by atoms with Crippen molar-refractivity contribution in [2.45, 2.75) is 24.5 Å². The van der Waals surface area contributed by atoms with Crippen LogP contribution in [-0.2, 0) is 22.4 Å². The number of benzene rings is 2. The maximum Gasteiger partial charge on any atom is 0.280 e. The quantitative estimate of drug-likeness (QED) is 0.588. The minimum atomic E-state index is -1.53. The summed E-state index contributed by atoms with van der Waals surface area (Å²) in [5.41, 5.74) is 4.75. The van der Waals surface area contributed by atoms with Crippen molar-refractivity contribution in [1.29, 1.82) is 5.26 Å². The Labute approximate surface area is 184 Å². The molecule has 1 aliphatic heterocycles. The number of nitrogens with zero attached hydrogens (tertiary/aromatic N) is 3. The van der Waals surface area contributed by atoms with Gasteiger partial charge in [0.15, 0.2) is 5.66 Å². The molecule has 0 radical (unpaired) electrons. The molecule has 10 heteroatoms. The number of likely N-dealkylation sites (N-methyl/N-ethyl adjacent to an activating group) is 1. The smallest absolute Gasteiger partial charge is 0.280 e. The van der Waals surface area contributed by atoms with Crippen LogP contribution in [0.15, 0.2) is 42.5 Å². The summed E-state index contributed by atoms with van der Waals surface area (Å²) in [6.45, 7) is 0. The van der Waals surface area contributed by atoms with Crippen LogP contribution >= 0.6 is 0 Å². The summed E-state index contributed by atoms with van der Waals surface area (Å²) in [7, 11) is 4.52. The topological polar surface area (TPSA) is 100 Å². The van der Waals surface area contributed by atoms with Crippen molar-refractivity contribution < 1.29 is 18.4 Å². The second-order valence-corrected chi connectivity index (χ2v) is 7.31. The Bertz CT molecular complexity index is 1060. The van der Waals surface area contributed by atoms with Crippen LogP contribution in [0.2, 0.25) is 0 Å². The predicted molar refractivity (Wildman–Crippen MR) is 112 cm³/mol. The van der Waals surface area contributed by atoms with Gasteiger partial charge in [0.2, 0.25) is 0 Å². The summed E-state index contributed by atoms with van der Waals surface area (Å²) in [5, 5.41) is 14.6. The average molecular weight is 442 g/mol. The lowest BCUT2D eigenvalue weighted by molar-refractivity contribution is -0.181. The normalized spacial score (nSPS) is 21.1. The molecule has 2 atom stereocenters. The number of piperazine rings is 1. The monoisotopic (exact) mass is 442 g/mol. The average Bonchev–Trinajstić information content (AvgIpc) is 2.79. The summed E-state index contributed by atoms with van der Waals surface area (Å²) in [5.74, 6) is -2.06. The van der Waals surface area contributed by atoms with Crippen molar-refractivity contribution in [3.63, 3.8) is 0 Å². The van der Waals surface area contributed by atoms with Crippen LogP contribution in [0, 0.1) is 23.0 Å². The Kier molecular flexibility index (Phi) is 6.84. The number of carbonyl (C=O) groups is 2. The minimum absolute atomic E-state index is 0.0449. The minimum Gasteiger partial charge on any atom is -0.288 e. The summed E-state index contributed by atoms with van der Waals surface area (Å²) in [4.78, 5) is 27.2. The van der Waals surface area contributed by atoms with Crippen molar-refractivity contribution in [2.75, 3.05) is 21.1 Å². The van der Waals surface area contributed by atoms with E-state index in [4.69, 9.17) is 0 Å². The van der Waals surface area contributed by atoms with E-state index in [1.807, 2.05) is 6.07 Å². The molecule has 1 heterocycles. The zero-order valence-corrected chi connectivity index (χ0v) is 17.9. The predicted octanol–water partition coefficient (Wildman–Crippen LogP) is 0.846. The van der Waals surface area contributed by atoms with Gasteiger partial charge >= 0.3 is 0 Å². The van der Waals surface area contributed by atoms with Crippen LogP contribution in [0.25, 0.3) is 0 Å². The molecule has 0 bridgehead atoms. The van der Waals surface area contributed by atoms with E-state index in [0.29, 0.717) is 5.56 Å². The van der Waals surface area contributed by atoms with E-state index in [2.05, 4.69) is 16.2 Å². The number of hydrogen-bond acceptors (Lipinski definition) is 6. The summed E-state index contributed by atoms with van der Waals surface area (Å²) in [6.07, 6.45) is -0.154. The molecule has 2 amide bonds. The summed E-state index contributed by atoms with van der Waals surface area (Å²) < 4.78 is 27.9. The fourth-order valence-corrected chi connectivity index (χ4v) is 4.04. The van der Waals surface area contributed by atoms with Gasteiger partial charge in [0.05, 0.1) is 11.6 Å². The van der Waals surface area contributed by atoms with Crippen LogP contribution < -0.4 is 16.2 Å². The number of hydrogen-bond donors (Lipinski definition) is 3. The number of rotatable bonds is 7. The standard InChI is InChI=1S/C22H24F2N6O2/c1-26-22(12-14-7-9-16(23)10-8-14)21(32)29(27-2)19(20(31)30(22)28-3)11-17-15(13-25)5-4-6-18(17)24/h4-10,19,26-28H,11-12H2,1-3H3. The molecule has 0 saturated carbocycles. The largest absolute Gasteiger partial charge is 0.288 e. The van der Waals surface area contributed by atoms with Gasteiger partial charge in [-0.3, -0.25) is 19.9 Å². The summed E-state index contributed by atoms with van der Waals surface area (Å²) in [6, 6.07) is 10.5. The molecule has 1 aliphatic rings. The van der Waals surface area contributed by atoms with E-state index >= 15 is 0 Å². The van der Waals surface area contributed by atoms with E-state index in [9.17, 15) is 23.6 Å². The van der Waals surface area contributed by atoms with Crippen molar-refractivity contribution in [2.24, 2.45) is 0 Å². The van der Waals surface area contributed by atoms with Gasteiger partial charge in [0.25, 0.3) is 11.8 Å². The van der Waals surface area contributed by atoms with Crippen molar-refractivity contribution in [1.82, 2.24) is 26.2 Å².